The molecule has 166 valence electrons. The first-order valence-electron chi connectivity index (χ1n) is 9.35. The van der Waals surface area contributed by atoms with E-state index in [0.717, 1.165) is 0 Å². The smallest absolute Gasteiger partial charge is 0.394 e. The summed E-state index contributed by atoms with van der Waals surface area (Å²) in [6.07, 6.45) is -2.61. The van der Waals surface area contributed by atoms with Gasteiger partial charge in [0.2, 0.25) is 0 Å². The molecule has 0 aliphatic heterocycles. The van der Waals surface area contributed by atoms with Crippen molar-refractivity contribution in [3.8, 4) is 0 Å². The molecule has 0 fully saturated rings. The average molecular weight is 441 g/mol. The maximum Gasteiger partial charge on any atom is 0.472 e. The Labute approximate surface area is 174 Å². The summed E-state index contributed by atoms with van der Waals surface area (Å²) in [4.78, 5) is 10.1. The van der Waals surface area contributed by atoms with Gasteiger partial charge in [-0.2, -0.15) is 0 Å². The Morgan fingerprint density at radius 2 is 1.60 bits per heavy atom. The SMILES string of the molecule is NCC(OP(=O)(O)OC[C@H](O)CO)C(c1ccccc1)C(O)(CO)c1ccccc1. The van der Waals surface area contributed by atoms with Crippen molar-refractivity contribution in [3.63, 3.8) is 0 Å². The molecule has 0 spiro atoms. The van der Waals surface area contributed by atoms with Crippen molar-refractivity contribution >= 4 is 7.82 Å². The number of aliphatic hydroxyl groups is 4. The second-order valence-corrected chi connectivity index (χ2v) is 8.22. The van der Waals surface area contributed by atoms with Gasteiger partial charge in [-0.25, -0.2) is 4.57 Å². The molecule has 0 saturated heterocycles. The molecule has 2 aromatic carbocycles. The van der Waals surface area contributed by atoms with Gasteiger partial charge in [0.05, 0.1) is 25.9 Å². The third-order valence-electron chi connectivity index (χ3n) is 4.70. The van der Waals surface area contributed by atoms with E-state index in [1.165, 1.54) is 0 Å². The maximum atomic E-state index is 12.4. The molecule has 0 saturated carbocycles. The van der Waals surface area contributed by atoms with Crippen LogP contribution in [0.5, 0.6) is 0 Å². The third-order valence-corrected chi connectivity index (χ3v) is 5.71. The predicted molar refractivity (Wildman–Crippen MR) is 109 cm³/mol. The van der Waals surface area contributed by atoms with Crippen molar-refractivity contribution in [2.75, 3.05) is 26.4 Å². The molecule has 0 aliphatic rings. The van der Waals surface area contributed by atoms with Crippen LogP contribution in [-0.4, -0.2) is 63.9 Å². The summed E-state index contributed by atoms with van der Waals surface area (Å²) < 4.78 is 22.4. The number of phosphoric acid groups is 1. The van der Waals surface area contributed by atoms with E-state index in [2.05, 4.69) is 0 Å². The van der Waals surface area contributed by atoms with Crippen LogP contribution in [0.4, 0.5) is 0 Å². The summed E-state index contributed by atoms with van der Waals surface area (Å²) in [6, 6.07) is 16.9. The zero-order valence-electron chi connectivity index (χ0n) is 16.3. The molecule has 2 rings (SSSR count). The molecule has 0 aromatic heterocycles. The topological polar surface area (TPSA) is 163 Å². The van der Waals surface area contributed by atoms with Gasteiger partial charge in [-0.05, 0) is 11.1 Å². The molecule has 7 N–H and O–H groups in total. The molecule has 0 aliphatic carbocycles. The summed E-state index contributed by atoms with van der Waals surface area (Å²) in [7, 11) is -4.72. The summed E-state index contributed by atoms with van der Waals surface area (Å²) in [5.74, 6) is -1.04. The lowest BCUT2D eigenvalue weighted by atomic mass is 9.74. The van der Waals surface area contributed by atoms with Crippen LogP contribution in [0.3, 0.4) is 0 Å². The summed E-state index contributed by atoms with van der Waals surface area (Å²) in [5.41, 5.74) is 4.83. The standard InChI is InChI=1S/C20H28NO8P/c21-11-18(29-30(26,27)28-13-17(24)12-22)19(15-7-3-1-4-8-15)20(25,14-23)16-9-5-2-6-10-16/h1-10,17-19,22-25H,11-14,21H2,(H,26,27)/t17-,18?,19?,20?/m1/s1. The summed E-state index contributed by atoms with van der Waals surface area (Å²) in [6.45, 7) is -2.30. The molecular formula is C20H28NO8P. The number of hydrogen-bond acceptors (Lipinski definition) is 8. The number of phosphoric ester groups is 1. The molecule has 2 aromatic rings. The average Bonchev–Trinajstić information content (AvgIpc) is 2.78. The van der Waals surface area contributed by atoms with Crippen LogP contribution in [0.15, 0.2) is 60.7 Å². The normalized spacial score (nSPS) is 18.7. The van der Waals surface area contributed by atoms with Crippen molar-refractivity contribution in [1.82, 2.24) is 0 Å². The van der Waals surface area contributed by atoms with Crippen LogP contribution in [0, 0.1) is 0 Å². The fraction of sp³-hybridized carbons (Fsp3) is 0.400. The van der Waals surface area contributed by atoms with Gasteiger partial charge in [0, 0.05) is 12.5 Å². The Morgan fingerprint density at radius 3 is 2.10 bits per heavy atom. The van der Waals surface area contributed by atoms with E-state index >= 15 is 0 Å². The number of benzene rings is 2. The minimum Gasteiger partial charge on any atom is -0.394 e. The minimum atomic E-state index is -4.72. The lowest BCUT2D eigenvalue weighted by molar-refractivity contribution is -0.0750. The van der Waals surface area contributed by atoms with Crippen LogP contribution in [0.2, 0.25) is 0 Å². The molecular weight excluding hydrogens is 413 g/mol. The molecule has 4 unspecified atom stereocenters. The molecule has 5 atom stereocenters. The number of nitrogens with two attached hydrogens (primary N) is 1. The van der Waals surface area contributed by atoms with E-state index in [0.29, 0.717) is 11.1 Å². The predicted octanol–water partition coefficient (Wildman–Crippen LogP) is 0.464. The highest BCUT2D eigenvalue weighted by Crippen LogP contribution is 2.49. The molecule has 9 nitrogen and oxygen atoms in total. The number of rotatable bonds is 12. The van der Waals surface area contributed by atoms with Gasteiger partial charge in [-0.1, -0.05) is 60.7 Å². The van der Waals surface area contributed by atoms with Gasteiger partial charge in [0.25, 0.3) is 0 Å². The quantitative estimate of drug-likeness (QED) is 0.257. The Hall–Kier alpha value is -1.65. The van der Waals surface area contributed by atoms with Gasteiger partial charge in [0.15, 0.2) is 0 Å². The Balaban J connectivity index is 2.44. The first-order valence-corrected chi connectivity index (χ1v) is 10.9. The molecule has 0 bridgehead atoms. The monoisotopic (exact) mass is 441 g/mol. The lowest BCUT2D eigenvalue weighted by Gasteiger charge is -2.40. The van der Waals surface area contributed by atoms with Crippen LogP contribution >= 0.6 is 7.82 Å². The first kappa shape index (κ1) is 24.6. The van der Waals surface area contributed by atoms with Gasteiger partial charge >= 0.3 is 7.82 Å². The van der Waals surface area contributed by atoms with Crippen LogP contribution in [0.25, 0.3) is 0 Å². The van der Waals surface area contributed by atoms with Gasteiger partial charge in [0.1, 0.15) is 11.7 Å². The molecule has 10 heteroatoms. The van der Waals surface area contributed by atoms with E-state index in [1.54, 1.807) is 60.7 Å². The molecule has 0 amide bonds. The summed E-state index contributed by atoms with van der Waals surface area (Å²) in [5, 5.41) is 39.8. The van der Waals surface area contributed by atoms with Crippen LogP contribution in [0.1, 0.15) is 17.0 Å². The zero-order chi connectivity index (χ0) is 22.2. The molecule has 0 radical (unpaired) electrons. The van der Waals surface area contributed by atoms with Crippen molar-refractivity contribution in [2.24, 2.45) is 5.73 Å². The van der Waals surface area contributed by atoms with Crippen molar-refractivity contribution in [3.05, 3.63) is 71.8 Å². The zero-order valence-corrected chi connectivity index (χ0v) is 17.2. The van der Waals surface area contributed by atoms with Crippen molar-refractivity contribution in [2.45, 2.75) is 23.7 Å². The highest BCUT2D eigenvalue weighted by molar-refractivity contribution is 7.47. The number of hydrogen-bond donors (Lipinski definition) is 6. The van der Waals surface area contributed by atoms with E-state index in [1.807, 2.05) is 0 Å². The highest BCUT2D eigenvalue weighted by Gasteiger charge is 2.46. The van der Waals surface area contributed by atoms with Crippen LogP contribution in [-0.2, 0) is 19.2 Å². The fourth-order valence-electron chi connectivity index (χ4n) is 3.23. The highest BCUT2D eigenvalue weighted by atomic mass is 31.2. The Bertz CT molecular complexity index is 809. The van der Waals surface area contributed by atoms with E-state index in [-0.39, 0.29) is 6.54 Å². The fourth-order valence-corrected chi connectivity index (χ4v) is 4.20. The Kier molecular flexibility index (Phi) is 9.11. The van der Waals surface area contributed by atoms with E-state index < -0.39 is 51.4 Å². The van der Waals surface area contributed by atoms with Gasteiger partial charge in [-0.15, -0.1) is 0 Å². The van der Waals surface area contributed by atoms with Crippen molar-refractivity contribution in [1.29, 1.82) is 0 Å². The second kappa shape index (κ2) is 11.1. The second-order valence-electron chi connectivity index (χ2n) is 6.82. The van der Waals surface area contributed by atoms with Gasteiger partial charge in [-0.3, -0.25) is 9.05 Å². The first-order chi connectivity index (χ1) is 14.3. The van der Waals surface area contributed by atoms with E-state index in [4.69, 9.17) is 19.9 Å². The maximum absolute atomic E-state index is 12.4. The largest absolute Gasteiger partial charge is 0.472 e. The molecule has 0 heterocycles. The van der Waals surface area contributed by atoms with Crippen LogP contribution < -0.4 is 5.73 Å². The summed E-state index contributed by atoms with van der Waals surface area (Å²) >= 11 is 0. The van der Waals surface area contributed by atoms with E-state index in [9.17, 15) is 24.8 Å². The third kappa shape index (κ3) is 6.18. The minimum absolute atomic E-state index is 0.287. The van der Waals surface area contributed by atoms with Gasteiger partial charge < -0.3 is 31.1 Å². The number of aliphatic hydroxyl groups excluding tert-OH is 3. The lowest BCUT2D eigenvalue weighted by Crippen LogP contribution is -2.46. The Morgan fingerprint density at radius 1 is 1.03 bits per heavy atom. The van der Waals surface area contributed by atoms with Crippen molar-refractivity contribution < 1.29 is 38.9 Å². The molecule has 30 heavy (non-hydrogen) atoms.